The first-order valence-electron chi connectivity index (χ1n) is 8.16. The van der Waals surface area contributed by atoms with Gasteiger partial charge in [-0.2, -0.15) is 0 Å². The summed E-state index contributed by atoms with van der Waals surface area (Å²) < 4.78 is 4.92. The summed E-state index contributed by atoms with van der Waals surface area (Å²) in [7, 11) is 0. The Labute approximate surface area is 158 Å². The van der Waals surface area contributed by atoms with E-state index in [1.165, 1.54) is 31.2 Å². The molecule has 2 N–H and O–H groups in total. The zero-order valence-electron chi connectivity index (χ0n) is 14.7. The first-order chi connectivity index (χ1) is 13.3. The lowest BCUT2D eigenvalue weighted by Gasteiger charge is -2.04. The van der Waals surface area contributed by atoms with E-state index in [0.717, 1.165) is 5.56 Å². The van der Waals surface area contributed by atoms with Crippen molar-refractivity contribution in [1.82, 2.24) is 9.97 Å². The molecule has 0 aliphatic heterocycles. The first-order valence-corrected chi connectivity index (χ1v) is 8.16. The number of nitrogens with one attached hydrogen (secondary N) is 1. The van der Waals surface area contributed by atoms with Crippen LogP contribution < -0.4 is 0 Å². The second-order valence-corrected chi connectivity index (χ2v) is 5.90. The van der Waals surface area contributed by atoms with E-state index in [4.69, 9.17) is 4.74 Å². The van der Waals surface area contributed by atoms with Crippen LogP contribution in [0, 0.1) is 10.1 Å². The summed E-state index contributed by atoms with van der Waals surface area (Å²) in [4.78, 5) is 39.9. The number of rotatable bonds is 6. The number of nitrogens with zero attached hydrogens (tertiary/aromatic N) is 2. The van der Waals surface area contributed by atoms with E-state index in [1.54, 1.807) is 24.3 Å². The molecule has 9 heteroatoms. The number of hydrogen-bond acceptors (Lipinski definition) is 6. The van der Waals surface area contributed by atoms with Crippen LogP contribution in [-0.2, 0) is 16.1 Å². The van der Waals surface area contributed by atoms with Crippen LogP contribution in [0.2, 0.25) is 0 Å². The van der Waals surface area contributed by atoms with Crippen LogP contribution in [0.3, 0.4) is 0 Å². The summed E-state index contributed by atoms with van der Waals surface area (Å²) in [5.74, 6) is -1.29. The molecular formula is C19H15N3O6. The van der Waals surface area contributed by atoms with E-state index in [0.29, 0.717) is 11.1 Å². The molecule has 0 amide bonds. The number of aromatic nitrogens is 2. The molecule has 3 rings (SSSR count). The molecule has 0 saturated heterocycles. The lowest BCUT2D eigenvalue weighted by Crippen LogP contribution is -2.00. The Kier molecular flexibility index (Phi) is 5.16. The highest BCUT2D eigenvalue weighted by Gasteiger charge is 2.19. The minimum Gasteiger partial charge on any atom is -0.477 e. The van der Waals surface area contributed by atoms with E-state index in [9.17, 15) is 24.8 Å². The number of imidazole rings is 1. The number of benzene rings is 2. The summed E-state index contributed by atoms with van der Waals surface area (Å²) in [5, 5.41) is 20.3. The Morgan fingerprint density at radius 1 is 1.11 bits per heavy atom. The number of H-pyrrole nitrogens is 1. The summed E-state index contributed by atoms with van der Waals surface area (Å²) in [6.45, 7) is 1.44. The Morgan fingerprint density at radius 3 is 2.25 bits per heavy atom. The molecule has 0 radical (unpaired) electrons. The van der Waals surface area contributed by atoms with E-state index in [1.807, 2.05) is 0 Å². The standard InChI is InChI=1S/C19H15N3O6/c1-11(23)28-10-12-2-4-13(5-3-12)16-17(19(24)25)21-18(20-16)14-6-8-15(9-7-14)22(26)27/h2-9H,10H2,1H3,(H,20,21)(H,24,25). The minimum absolute atomic E-state index is 0.0719. The predicted octanol–water partition coefficient (Wildman–Crippen LogP) is 3.41. The van der Waals surface area contributed by atoms with Gasteiger partial charge in [0.25, 0.3) is 5.69 Å². The van der Waals surface area contributed by atoms with E-state index in [-0.39, 0.29) is 29.5 Å². The van der Waals surface area contributed by atoms with Crippen molar-refractivity contribution in [2.75, 3.05) is 0 Å². The number of non-ortho nitro benzene ring substituents is 1. The summed E-state index contributed by atoms with van der Waals surface area (Å²) in [6.07, 6.45) is 0. The smallest absolute Gasteiger partial charge is 0.354 e. The van der Waals surface area contributed by atoms with Crippen LogP contribution >= 0.6 is 0 Å². The topological polar surface area (TPSA) is 135 Å². The van der Waals surface area contributed by atoms with Gasteiger partial charge in [0.1, 0.15) is 18.1 Å². The van der Waals surface area contributed by atoms with Gasteiger partial charge >= 0.3 is 11.9 Å². The van der Waals surface area contributed by atoms with Gasteiger partial charge < -0.3 is 14.8 Å². The van der Waals surface area contributed by atoms with Crippen LogP contribution in [-0.4, -0.2) is 31.9 Å². The highest BCUT2D eigenvalue weighted by atomic mass is 16.6. The molecule has 0 saturated carbocycles. The number of carboxylic acids is 1. The van der Waals surface area contributed by atoms with Crippen molar-refractivity contribution in [3.05, 3.63) is 69.9 Å². The van der Waals surface area contributed by atoms with Crippen molar-refractivity contribution in [3.63, 3.8) is 0 Å². The van der Waals surface area contributed by atoms with Crippen molar-refractivity contribution in [2.45, 2.75) is 13.5 Å². The Hall–Kier alpha value is -4.01. The van der Waals surface area contributed by atoms with Crippen LogP contribution in [0.15, 0.2) is 48.5 Å². The summed E-state index contributed by atoms with van der Waals surface area (Å²) in [5.41, 5.74) is 1.90. The molecule has 9 nitrogen and oxygen atoms in total. The number of carboxylic acid groups (broad SMARTS) is 1. The van der Waals surface area contributed by atoms with Crippen molar-refractivity contribution in [1.29, 1.82) is 0 Å². The largest absolute Gasteiger partial charge is 0.477 e. The number of nitro groups is 1. The Bertz CT molecular complexity index is 1040. The molecule has 0 atom stereocenters. The normalized spacial score (nSPS) is 10.5. The maximum atomic E-state index is 11.6. The number of hydrogen-bond donors (Lipinski definition) is 2. The summed E-state index contributed by atoms with van der Waals surface area (Å²) >= 11 is 0. The van der Waals surface area contributed by atoms with Gasteiger partial charge in [0.2, 0.25) is 0 Å². The molecule has 0 aliphatic carbocycles. The van der Waals surface area contributed by atoms with E-state index in [2.05, 4.69) is 9.97 Å². The van der Waals surface area contributed by atoms with Crippen molar-refractivity contribution in [3.8, 4) is 22.6 Å². The van der Waals surface area contributed by atoms with Gasteiger partial charge in [-0.3, -0.25) is 14.9 Å². The van der Waals surface area contributed by atoms with E-state index >= 15 is 0 Å². The molecule has 0 aliphatic rings. The maximum absolute atomic E-state index is 11.6. The zero-order valence-corrected chi connectivity index (χ0v) is 14.7. The number of aromatic amines is 1. The lowest BCUT2D eigenvalue weighted by atomic mass is 10.1. The average Bonchev–Trinajstić information content (AvgIpc) is 3.12. The molecule has 0 bridgehead atoms. The fraction of sp³-hybridized carbons (Fsp3) is 0.105. The van der Waals surface area contributed by atoms with Crippen LogP contribution in [0.4, 0.5) is 5.69 Å². The number of nitro benzene ring substituents is 1. The Balaban J connectivity index is 1.94. The van der Waals surface area contributed by atoms with Crippen LogP contribution in [0.25, 0.3) is 22.6 Å². The van der Waals surface area contributed by atoms with Crippen molar-refractivity contribution >= 4 is 17.6 Å². The fourth-order valence-corrected chi connectivity index (χ4v) is 2.56. The van der Waals surface area contributed by atoms with Crippen LogP contribution in [0.5, 0.6) is 0 Å². The quantitative estimate of drug-likeness (QED) is 0.379. The SMILES string of the molecule is CC(=O)OCc1ccc(-c2nc(-c3ccc([N+](=O)[O-])cc3)[nH]c2C(=O)O)cc1. The van der Waals surface area contributed by atoms with Gasteiger partial charge in [-0.1, -0.05) is 24.3 Å². The van der Waals surface area contributed by atoms with Gasteiger partial charge in [-0.15, -0.1) is 0 Å². The molecule has 28 heavy (non-hydrogen) atoms. The highest BCUT2D eigenvalue weighted by Crippen LogP contribution is 2.27. The molecule has 2 aromatic carbocycles. The number of esters is 1. The maximum Gasteiger partial charge on any atom is 0.354 e. The number of aromatic carboxylic acids is 1. The molecule has 142 valence electrons. The summed E-state index contributed by atoms with van der Waals surface area (Å²) in [6, 6.07) is 12.4. The van der Waals surface area contributed by atoms with Crippen molar-refractivity contribution in [2.24, 2.45) is 0 Å². The third kappa shape index (κ3) is 4.04. The molecular weight excluding hydrogens is 366 g/mol. The number of ether oxygens (including phenoxy) is 1. The van der Waals surface area contributed by atoms with Crippen LogP contribution in [0.1, 0.15) is 23.0 Å². The second-order valence-electron chi connectivity index (χ2n) is 5.90. The monoisotopic (exact) mass is 381 g/mol. The highest BCUT2D eigenvalue weighted by molar-refractivity contribution is 5.94. The lowest BCUT2D eigenvalue weighted by molar-refractivity contribution is -0.384. The molecule has 1 heterocycles. The second kappa shape index (κ2) is 7.70. The van der Waals surface area contributed by atoms with Gasteiger partial charge in [0, 0.05) is 30.2 Å². The third-order valence-corrected chi connectivity index (χ3v) is 3.94. The molecule has 3 aromatic rings. The van der Waals surface area contributed by atoms with Gasteiger partial charge in [0.15, 0.2) is 5.69 Å². The zero-order chi connectivity index (χ0) is 20.3. The van der Waals surface area contributed by atoms with Crippen molar-refractivity contribution < 1.29 is 24.4 Å². The average molecular weight is 381 g/mol. The molecule has 1 aromatic heterocycles. The molecule has 0 spiro atoms. The van der Waals surface area contributed by atoms with Gasteiger partial charge in [-0.05, 0) is 17.7 Å². The Morgan fingerprint density at radius 2 is 1.71 bits per heavy atom. The fourth-order valence-electron chi connectivity index (χ4n) is 2.56. The predicted molar refractivity (Wildman–Crippen MR) is 98.5 cm³/mol. The van der Waals surface area contributed by atoms with Gasteiger partial charge in [-0.25, -0.2) is 9.78 Å². The van der Waals surface area contributed by atoms with Gasteiger partial charge in [0.05, 0.1) is 4.92 Å². The minimum atomic E-state index is -1.18. The molecule has 0 fully saturated rings. The van der Waals surface area contributed by atoms with E-state index < -0.39 is 16.9 Å². The molecule has 0 unspecified atom stereocenters. The first kappa shape index (κ1) is 18.8. The third-order valence-electron chi connectivity index (χ3n) is 3.94. The number of carbonyl (C=O) groups is 2. The number of carbonyl (C=O) groups excluding carboxylic acids is 1.